The molecule has 0 aromatic heterocycles. The molecular formula is C24H27Cl. The number of aryl methyl sites for hydroxylation is 2. The highest BCUT2D eigenvalue weighted by molar-refractivity contribution is 6.30. The summed E-state index contributed by atoms with van der Waals surface area (Å²) in [4.78, 5) is 0. The molecule has 0 radical (unpaired) electrons. The molecule has 0 amide bonds. The van der Waals surface area contributed by atoms with Gasteiger partial charge in [0.05, 0.1) is 0 Å². The minimum atomic E-state index is 0.770. The minimum absolute atomic E-state index is 0.770. The van der Waals surface area contributed by atoms with Gasteiger partial charge in [-0.05, 0) is 72.7 Å². The maximum Gasteiger partial charge on any atom is 0.0412 e. The van der Waals surface area contributed by atoms with Gasteiger partial charge in [0.1, 0.15) is 0 Å². The van der Waals surface area contributed by atoms with Crippen LogP contribution in [0.2, 0.25) is 5.02 Å². The SMILES string of the molecule is C=C/C=C(C)/C(CCC)=C(\c1ccc(C)cc1)c1cc(Cl)ccc1C. The topological polar surface area (TPSA) is 0 Å². The van der Waals surface area contributed by atoms with E-state index >= 15 is 0 Å². The molecule has 1 heteroatoms. The van der Waals surface area contributed by atoms with Gasteiger partial charge in [0.25, 0.3) is 0 Å². The van der Waals surface area contributed by atoms with Gasteiger partial charge in [-0.1, -0.05) is 79.6 Å². The molecule has 0 saturated heterocycles. The van der Waals surface area contributed by atoms with E-state index in [0.717, 1.165) is 17.9 Å². The predicted octanol–water partition coefficient (Wildman–Crippen LogP) is 7.69. The zero-order valence-electron chi connectivity index (χ0n) is 15.7. The molecule has 2 aromatic rings. The number of halogens is 1. The molecule has 0 heterocycles. The summed E-state index contributed by atoms with van der Waals surface area (Å²) >= 11 is 6.34. The lowest BCUT2D eigenvalue weighted by atomic mass is 9.85. The molecule has 0 aliphatic carbocycles. The second kappa shape index (κ2) is 8.87. The largest absolute Gasteiger partial charge is 0.0991 e. The van der Waals surface area contributed by atoms with Gasteiger partial charge in [0, 0.05) is 5.02 Å². The number of hydrogen-bond donors (Lipinski definition) is 0. The molecule has 0 spiro atoms. The average Bonchev–Trinajstić information content (AvgIpc) is 2.59. The molecule has 0 unspecified atom stereocenters. The summed E-state index contributed by atoms with van der Waals surface area (Å²) in [6, 6.07) is 14.9. The molecule has 2 rings (SSSR count). The highest BCUT2D eigenvalue weighted by Gasteiger charge is 2.15. The smallest absolute Gasteiger partial charge is 0.0412 e. The Labute approximate surface area is 157 Å². The molecule has 25 heavy (non-hydrogen) atoms. The molecular weight excluding hydrogens is 324 g/mol. The Morgan fingerprint density at radius 3 is 2.36 bits per heavy atom. The van der Waals surface area contributed by atoms with Gasteiger partial charge >= 0.3 is 0 Å². The fourth-order valence-corrected chi connectivity index (χ4v) is 3.29. The third kappa shape index (κ3) is 4.74. The second-order valence-electron chi connectivity index (χ2n) is 6.51. The Kier molecular flexibility index (Phi) is 6.84. The molecule has 0 N–H and O–H groups in total. The van der Waals surface area contributed by atoms with Crippen LogP contribution in [-0.4, -0.2) is 0 Å². The number of benzene rings is 2. The first-order valence-corrected chi connectivity index (χ1v) is 9.22. The number of allylic oxidation sites excluding steroid dienone is 4. The van der Waals surface area contributed by atoms with Crippen LogP contribution in [0.1, 0.15) is 48.9 Å². The zero-order chi connectivity index (χ0) is 18.4. The summed E-state index contributed by atoms with van der Waals surface area (Å²) < 4.78 is 0. The summed E-state index contributed by atoms with van der Waals surface area (Å²) in [5, 5.41) is 0.770. The van der Waals surface area contributed by atoms with Gasteiger partial charge in [0.2, 0.25) is 0 Å². The summed E-state index contributed by atoms with van der Waals surface area (Å²) in [6.45, 7) is 12.5. The maximum absolute atomic E-state index is 6.34. The van der Waals surface area contributed by atoms with Crippen molar-refractivity contribution in [3.63, 3.8) is 0 Å². The van der Waals surface area contributed by atoms with Gasteiger partial charge in [-0.25, -0.2) is 0 Å². The monoisotopic (exact) mass is 350 g/mol. The summed E-state index contributed by atoms with van der Waals surface area (Å²) in [6.07, 6.45) is 6.07. The first-order chi connectivity index (χ1) is 12.0. The van der Waals surface area contributed by atoms with Crippen LogP contribution in [0, 0.1) is 13.8 Å². The molecule has 0 atom stereocenters. The summed E-state index contributed by atoms with van der Waals surface area (Å²) in [7, 11) is 0. The van der Waals surface area contributed by atoms with Crippen molar-refractivity contribution in [2.24, 2.45) is 0 Å². The zero-order valence-corrected chi connectivity index (χ0v) is 16.5. The molecule has 0 bridgehead atoms. The van der Waals surface area contributed by atoms with Crippen molar-refractivity contribution in [3.05, 3.63) is 99.6 Å². The lowest BCUT2D eigenvalue weighted by Gasteiger charge is -2.19. The fraction of sp³-hybridized carbons (Fsp3) is 0.250. The van der Waals surface area contributed by atoms with Gasteiger partial charge in [-0.2, -0.15) is 0 Å². The van der Waals surface area contributed by atoms with Crippen LogP contribution >= 0.6 is 11.6 Å². The first kappa shape index (κ1) is 19.3. The maximum atomic E-state index is 6.34. The van der Waals surface area contributed by atoms with Gasteiger partial charge in [-0.15, -0.1) is 0 Å². The van der Waals surface area contributed by atoms with E-state index in [-0.39, 0.29) is 0 Å². The van der Waals surface area contributed by atoms with Crippen LogP contribution in [0.15, 0.2) is 72.3 Å². The van der Waals surface area contributed by atoms with Gasteiger partial charge < -0.3 is 0 Å². The third-order valence-electron chi connectivity index (χ3n) is 4.45. The number of rotatable bonds is 6. The van der Waals surface area contributed by atoms with Crippen LogP contribution < -0.4 is 0 Å². The van der Waals surface area contributed by atoms with E-state index in [1.54, 1.807) is 0 Å². The second-order valence-corrected chi connectivity index (χ2v) is 6.95. The quantitative estimate of drug-likeness (QED) is 0.468. The van der Waals surface area contributed by atoms with Gasteiger partial charge in [-0.3, -0.25) is 0 Å². The van der Waals surface area contributed by atoms with Crippen molar-refractivity contribution in [2.45, 2.75) is 40.5 Å². The normalized spacial score (nSPS) is 12.8. The Balaban J connectivity index is 2.84. The number of hydrogen-bond acceptors (Lipinski definition) is 0. The minimum Gasteiger partial charge on any atom is -0.0991 e. The molecule has 0 saturated carbocycles. The van der Waals surface area contributed by atoms with E-state index in [2.05, 4.69) is 76.7 Å². The molecule has 2 aromatic carbocycles. The van der Waals surface area contributed by atoms with E-state index in [9.17, 15) is 0 Å². The Morgan fingerprint density at radius 2 is 1.76 bits per heavy atom. The predicted molar refractivity (Wildman–Crippen MR) is 112 cm³/mol. The van der Waals surface area contributed by atoms with Crippen LogP contribution in [-0.2, 0) is 0 Å². The standard InChI is InChI=1S/C24H27Cl/c1-6-8-18(4)22(9-7-2)24(20-13-10-17(3)11-14-20)23-16-21(25)15-12-19(23)5/h6,8,10-16H,1,7,9H2,2-5H3/b18-8+,24-22+. The Bertz CT molecular complexity index is 804. The molecule has 0 nitrogen and oxygen atoms in total. The third-order valence-corrected chi connectivity index (χ3v) is 4.69. The lowest BCUT2D eigenvalue weighted by Crippen LogP contribution is -1.99. The lowest BCUT2D eigenvalue weighted by molar-refractivity contribution is 0.913. The molecule has 0 aliphatic heterocycles. The first-order valence-electron chi connectivity index (χ1n) is 8.84. The van der Waals surface area contributed by atoms with Crippen molar-refractivity contribution in [3.8, 4) is 0 Å². The van der Waals surface area contributed by atoms with E-state index < -0.39 is 0 Å². The molecule has 0 aliphatic rings. The molecule has 130 valence electrons. The van der Waals surface area contributed by atoms with E-state index in [0.29, 0.717) is 0 Å². The summed E-state index contributed by atoms with van der Waals surface area (Å²) in [5.74, 6) is 0. The average molecular weight is 351 g/mol. The van der Waals surface area contributed by atoms with Crippen LogP contribution in [0.5, 0.6) is 0 Å². The summed E-state index contributed by atoms with van der Waals surface area (Å²) in [5.41, 5.74) is 8.83. The van der Waals surface area contributed by atoms with Crippen molar-refractivity contribution in [2.75, 3.05) is 0 Å². The van der Waals surface area contributed by atoms with Crippen molar-refractivity contribution in [1.82, 2.24) is 0 Å². The fourth-order valence-electron chi connectivity index (χ4n) is 3.12. The van der Waals surface area contributed by atoms with Crippen molar-refractivity contribution in [1.29, 1.82) is 0 Å². The highest BCUT2D eigenvalue weighted by atomic mass is 35.5. The van der Waals surface area contributed by atoms with Crippen LogP contribution in [0.25, 0.3) is 5.57 Å². The van der Waals surface area contributed by atoms with E-state index in [1.807, 2.05) is 12.1 Å². The van der Waals surface area contributed by atoms with Crippen LogP contribution in [0.3, 0.4) is 0 Å². The molecule has 0 fully saturated rings. The van der Waals surface area contributed by atoms with Crippen molar-refractivity contribution >= 4 is 17.2 Å². The van der Waals surface area contributed by atoms with Crippen LogP contribution in [0.4, 0.5) is 0 Å². The van der Waals surface area contributed by atoms with E-state index in [1.165, 1.54) is 39.0 Å². The Hall–Kier alpha value is -2.05. The Morgan fingerprint density at radius 1 is 1.08 bits per heavy atom. The van der Waals surface area contributed by atoms with Crippen molar-refractivity contribution < 1.29 is 0 Å². The highest BCUT2D eigenvalue weighted by Crippen LogP contribution is 2.35. The van der Waals surface area contributed by atoms with E-state index in [4.69, 9.17) is 11.6 Å². The van der Waals surface area contributed by atoms with Gasteiger partial charge in [0.15, 0.2) is 0 Å².